The average molecular weight is 419 g/mol. The van der Waals surface area contributed by atoms with Crippen LogP contribution < -0.4 is 5.14 Å². The van der Waals surface area contributed by atoms with E-state index >= 15 is 0 Å². The van der Waals surface area contributed by atoms with Gasteiger partial charge in [0, 0.05) is 11.3 Å². The number of rotatable bonds is 8. The summed E-state index contributed by atoms with van der Waals surface area (Å²) in [6.45, 7) is 0. The summed E-state index contributed by atoms with van der Waals surface area (Å²) in [4.78, 5) is 8.60. The van der Waals surface area contributed by atoms with Gasteiger partial charge in [0.25, 0.3) is 0 Å². The summed E-state index contributed by atoms with van der Waals surface area (Å²) in [7, 11) is -4.72. The van der Waals surface area contributed by atoms with Crippen LogP contribution in [0.15, 0.2) is 40.1 Å². The number of benzene rings is 2. The Morgan fingerprint density at radius 3 is 2.22 bits per heavy atom. The van der Waals surface area contributed by atoms with E-state index in [1.54, 1.807) is 30.3 Å². The van der Waals surface area contributed by atoms with Gasteiger partial charge >= 0.3 is 5.97 Å². The fourth-order valence-corrected chi connectivity index (χ4v) is 4.29. The minimum absolute atomic E-state index is 0.171. The van der Waals surface area contributed by atoms with E-state index < -0.39 is 55.2 Å². The number of carboxylic acid groups (broad SMARTS) is 1. The van der Waals surface area contributed by atoms with Crippen LogP contribution in [0, 0.1) is 17.5 Å². The van der Waals surface area contributed by atoms with Gasteiger partial charge in [0.2, 0.25) is 10.0 Å². The van der Waals surface area contributed by atoms with Crippen LogP contribution in [0.2, 0.25) is 0 Å². The molecule has 0 aliphatic carbocycles. The molecule has 2 rings (SSSR count). The van der Waals surface area contributed by atoms with E-state index in [1.165, 1.54) is 0 Å². The van der Waals surface area contributed by atoms with Crippen LogP contribution in [0.3, 0.4) is 0 Å². The first-order valence-corrected chi connectivity index (χ1v) is 10.3. The molecule has 0 spiro atoms. The maximum Gasteiger partial charge on any atom is 0.304 e. The van der Waals surface area contributed by atoms with Crippen LogP contribution in [0.1, 0.15) is 17.5 Å². The van der Waals surface area contributed by atoms with Gasteiger partial charge in [-0.25, -0.2) is 26.7 Å². The van der Waals surface area contributed by atoms with Gasteiger partial charge in [0.05, 0.1) is 11.3 Å². The van der Waals surface area contributed by atoms with Crippen LogP contribution in [0.4, 0.5) is 13.2 Å². The summed E-state index contributed by atoms with van der Waals surface area (Å²) < 4.78 is 66.9. The molecule has 0 aromatic heterocycles. The lowest BCUT2D eigenvalue weighted by atomic mass is 10.0. The van der Waals surface area contributed by atoms with Gasteiger partial charge in [-0.1, -0.05) is 30.3 Å². The first kappa shape index (κ1) is 21.3. The van der Waals surface area contributed by atoms with E-state index in [0.717, 1.165) is 5.56 Å². The van der Waals surface area contributed by atoms with Crippen molar-refractivity contribution >= 4 is 27.8 Å². The summed E-state index contributed by atoms with van der Waals surface area (Å²) >= 11 is 0.465. The summed E-state index contributed by atoms with van der Waals surface area (Å²) in [6.07, 6.45) is -0.461. The van der Waals surface area contributed by atoms with Crippen LogP contribution in [0.5, 0.6) is 0 Å². The standard InChI is InChI=1S/C17H16F3NO4S2/c18-13-11(7-6-10-4-2-1-3-5-10)17(27(21,24)25)15(20)14(19)16(13)26-9-8-12(22)23/h1-5H,6-9H2,(H,22,23)(H2,21,24,25). The van der Waals surface area contributed by atoms with Crippen LogP contribution in [-0.4, -0.2) is 25.2 Å². The molecule has 0 aliphatic heterocycles. The molecule has 146 valence electrons. The maximum atomic E-state index is 14.8. The number of carboxylic acids is 1. The van der Waals surface area contributed by atoms with Gasteiger partial charge < -0.3 is 5.11 Å². The molecule has 0 unspecified atom stereocenters. The molecule has 0 aliphatic rings. The summed E-state index contributed by atoms with van der Waals surface area (Å²) in [5.74, 6) is -6.11. The zero-order chi connectivity index (χ0) is 20.2. The predicted molar refractivity (Wildman–Crippen MR) is 94.5 cm³/mol. The van der Waals surface area contributed by atoms with Crippen molar-refractivity contribution < 1.29 is 31.5 Å². The topological polar surface area (TPSA) is 97.5 Å². The normalized spacial score (nSPS) is 11.6. The van der Waals surface area contributed by atoms with E-state index in [4.69, 9.17) is 10.2 Å². The molecule has 5 nitrogen and oxygen atoms in total. The van der Waals surface area contributed by atoms with Gasteiger partial charge in [-0.05, 0) is 18.4 Å². The molecule has 27 heavy (non-hydrogen) atoms. The zero-order valence-electron chi connectivity index (χ0n) is 13.9. The molecule has 0 saturated heterocycles. The quantitative estimate of drug-likeness (QED) is 0.506. The van der Waals surface area contributed by atoms with Gasteiger partial charge in [0.15, 0.2) is 11.6 Å². The SMILES string of the molecule is NS(=O)(=O)c1c(F)c(F)c(SCCC(=O)O)c(F)c1CCc1ccccc1. The van der Waals surface area contributed by atoms with Crippen molar-refractivity contribution in [2.24, 2.45) is 5.14 Å². The Bertz CT molecular complexity index is 951. The summed E-state index contributed by atoms with van der Waals surface area (Å²) in [6, 6.07) is 8.65. The average Bonchev–Trinajstić information content (AvgIpc) is 2.59. The molecule has 0 fully saturated rings. The molecule has 0 heterocycles. The lowest BCUT2D eigenvalue weighted by Gasteiger charge is -2.15. The Morgan fingerprint density at radius 2 is 1.67 bits per heavy atom. The largest absolute Gasteiger partial charge is 0.481 e. The Hall–Kier alpha value is -2.04. The Kier molecular flexibility index (Phi) is 6.90. The van der Waals surface area contributed by atoms with Crippen molar-refractivity contribution in [3.8, 4) is 0 Å². The number of nitrogens with two attached hydrogens (primary N) is 1. The molecule has 2 aromatic carbocycles. The third-order valence-electron chi connectivity index (χ3n) is 3.68. The van der Waals surface area contributed by atoms with E-state index in [2.05, 4.69) is 0 Å². The minimum Gasteiger partial charge on any atom is -0.481 e. The third kappa shape index (κ3) is 5.24. The Labute approximate surface area is 158 Å². The number of thioether (sulfide) groups is 1. The first-order chi connectivity index (χ1) is 12.6. The number of aryl methyl sites for hydroxylation is 1. The molecular weight excluding hydrogens is 403 g/mol. The molecule has 2 aromatic rings. The summed E-state index contributed by atoms with van der Waals surface area (Å²) in [5.41, 5.74) is 0.181. The van der Waals surface area contributed by atoms with E-state index in [1.807, 2.05) is 0 Å². The third-order valence-corrected chi connectivity index (χ3v) is 5.73. The fraction of sp³-hybridized carbons (Fsp3) is 0.235. The lowest BCUT2D eigenvalue weighted by molar-refractivity contribution is -0.136. The van der Waals surface area contributed by atoms with E-state index in [0.29, 0.717) is 11.8 Å². The van der Waals surface area contributed by atoms with Crippen LogP contribution in [0.25, 0.3) is 0 Å². The van der Waals surface area contributed by atoms with Crippen LogP contribution in [-0.2, 0) is 27.7 Å². The van der Waals surface area contributed by atoms with Crippen molar-refractivity contribution in [3.63, 3.8) is 0 Å². The van der Waals surface area contributed by atoms with Crippen molar-refractivity contribution in [1.29, 1.82) is 0 Å². The maximum absolute atomic E-state index is 14.8. The molecule has 0 saturated carbocycles. The predicted octanol–water partition coefficient (Wildman–Crippen LogP) is 3.10. The zero-order valence-corrected chi connectivity index (χ0v) is 15.5. The highest BCUT2D eigenvalue weighted by molar-refractivity contribution is 7.99. The highest BCUT2D eigenvalue weighted by Gasteiger charge is 2.30. The Balaban J connectivity index is 2.49. The number of halogens is 3. The van der Waals surface area contributed by atoms with Crippen molar-refractivity contribution in [2.75, 3.05) is 5.75 Å². The first-order valence-electron chi connectivity index (χ1n) is 7.73. The minimum atomic E-state index is -4.72. The number of hydrogen-bond acceptors (Lipinski definition) is 4. The van der Waals surface area contributed by atoms with Crippen LogP contribution >= 0.6 is 11.8 Å². The molecule has 0 radical (unpaired) electrons. The molecule has 3 N–H and O–H groups in total. The van der Waals surface area contributed by atoms with Crippen molar-refractivity contribution in [1.82, 2.24) is 0 Å². The number of aliphatic carboxylic acids is 1. The van der Waals surface area contributed by atoms with Crippen molar-refractivity contribution in [2.45, 2.75) is 29.1 Å². The van der Waals surface area contributed by atoms with Crippen molar-refractivity contribution in [3.05, 3.63) is 58.9 Å². The van der Waals surface area contributed by atoms with Gasteiger partial charge in [0.1, 0.15) is 10.7 Å². The highest BCUT2D eigenvalue weighted by Crippen LogP contribution is 2.35. The smallest absolute Gasteiger partial charge is 0.304 e. The highest BCUT2D eigenvalue weighted by atomic mass is 32.2. The number of carbonyl (C=O) groups is 1. The molecular formula is C17H16F3NO4S2. The van der Waals surface area contributed by atoms with E-state index in [9.17, 15) is 26.4 Å². The fourth-order valence-electron chi connectivity index (χ4n) is 2.47. The molecule has 10 heteroatoms. The number of hydrogen-bond donors (Lipinski definition) is 2. The van der Waals surface area contributed by atoms with Gasteiger partial charge in [-0.15, -0.1) is 11.8 Å². The molecule has 0 atom stereocenters. The second-order valence-electron chi connectivity index (χ2n) is 5.60. The second kappa shape index (κ2) is 8.77. The number of primary sulfonamides is 1. The molecule has 0 amide bonds. The Morgan fingerprint density at radius 1 is 1.04 bits per heavy atom. The second-order valence-corrected chi connectivity index (χ2v) is 8.20. The number of sulfonamides is 1. The molecule has 0 bridgehead atoms. The van der Waals surface area contributed by atoms with Gasteiger partial charge in [-0.2, -0.15) is 0 Å². The summed E-state index contributed by atoms with van der Waals surface area (Å²) in [5, 5.41) is 13.6. The van der Waals surface area contributed by atoms with E-state index in [-0.39, 0.29) is 18.6 Å². The van der Waals surface area contributed by atoms with Gasteiger partial charge in [-0.3, -0.25) is 4.79 Å². The monoisotopic (exact) mass is 419 g/mol. The lowest BCUT2D eigenvalue weighted by Crippen LogP contribution is -2.20.